The minimum atomic E-state index is -0.830. The third-order valence-corrected chi connectivity index (χ3v) is 3.73. The van der Waals surface area contributed by atoms with Crippen molar-refractivity contribution in [2.24, 2.45) is 11.8 Å². The van der Waals surface area contributed by atoms with Crippen molar-refractivity contribution in [3.63, 3.8) is 0 Å². The summed E-state index contributed by atoms with van der Waals surface area (Å²) in [6.45, 7) is 3.16. The molecule has 20 heavy (non-hydrogen) atoms. The van der Waals surface area contributed by atoms with Crippen molar-refractivity contribution in [1.82, 2.24) is 4.90 Å². The summed E-state index contributed by atoms with van der Waals surface area (Å²) in [5.74, 6) is -1.41. The maximum atomic E-state index is 12.3. The first-order valence-electron chi connectivity index (χ1n) is 6.63. The first-order chi connectivity index (χ1) is 9.52. The molecular weight excluding hydrogens is 258 g/mol. The van der Waals surface area contributed by atoms with E-state index in [0.29, 0.717) is 18.7 Å². The molecule has 1 fully saturated rings. The van der Waals surface area contributed by atoms with E-state index in [-0.39, 0.29) is 18.4 Å². The molecule has 1 heterocycles. The number of benzene rings is 1. The Balaban J connectivity index is 2.06. The largest absolute Gasteiger partial charge is 0.481 e. The molecule has 0 saturated carbocycles. The van der Waals surface area contributed by atoms with Crippen molar-refractivity contribution in [3.8, 4) is 0 Å². The molecule has 108 valence electrons. The van der Waals surface area contributed by atoms with Crippen molar-refractivity contribution in [2.45, 2.75) is 13.5 Å². The molecule has 1 aliphatic heterocycles. The number of methoxy groups -OCH3 is 1. The van der Waals surface area contributed by atoms with Crippen LogP contribution in [0.25, 0.3) is 0 Å². The Morgan fingerprint density at radius 3 is 2.45 bits per heavy atom. The van der Waals surface area contributed by atoms with E-state index in [1.165, 1.54) is 0 Å². The average Bonchev–Trinajstić information content (AvgIpc) is 2.81. The fourth-order valence-electron chi connectivity index (χ4n) is 2.55. The minimum absolute atomic E-state index is 0.00999. The van der Waals surface area contributed by atoms with Gasteiger partial charge in [0.2, 0.25) is 0 Å². The highest BCUT2D eigenvalue weighted by Gasteiger charge is 2.37. The normalized spacial score (nSPS) is 22.0. The van der Waals surface area contributed by atoms with E-state index in [0.717, 1.165) is 5.56 Å². The van der Waals surface area contributed by atoms with E-state index in [1.54, 1.807) is 24.1 Å². The van der Waals surface area contributed by atoms with E-state index < -0.39 is 11.9 Å². The Labute approximate surface area is 118 Å². The van der Waals surface area contributed by atoms with Crippen LogP contribution in [-0.2, 0) is 16.1 Å². The van der Waals surface area contributed by atoms with Crippen LogP contribution in [0.15, 0.2) is 24.3 Å². The van der Waals surface area contributed by atoms with Gasteiger partial charge in [-0.05, 0) is 23.6 Å². The zero-order valence-corrected chi connectivity index (χ0v) is 11.7. The van der Waals surface area contributed by atoms with Crippen LogP contribution in [0.2, 0.25) is 0 Å². The van der Waals surface area contributed by atoms with Gasteiger partial charge in [-0.2, -0.15) is 0 Å². The first-order valence-corrected chi connectivity index (χ1v) is 6.63. The SMILES string of the molecule is COCc1ccc(C(=O)N2C[C@@H](C)[C@H](C(=O)O)C2)cc1. The molecule has 0 aliphatic carbocycles. The van der Waals surface area contributed by atoms with Crippen molar-refractivity contribution in [3.05, 3.63) is 35.4 Å². The quantitative estimate of drug-likeness (QED) is 0.908. The van der Waals surface area contributed by atoms with Crippen LogP contribution in [0.1, 0.15) is 22.8 Å². The molecule has 0 aromatic heterocycles. The molecule has 1 aliphatic rings. The molecule has 0 spiro atoms. The monoisotopic (exact) mass is 277 g/mol. The number of carbonyl (C=O) groups is 2. The average molecular weight is 277 g/mol. The molecule has 1 aromatic carbocycles. The highest BCUT2D eigenvalue weighted by molar-refractivity contribution is 5.94. The molecule has 2 atom stereocenters. The summed E-state index contributed by atoms with van der Waals surface area (Å²) < 4.78 is 5.02. The number of likely N-dealkylation sites (tertiary alicyclic amines) is 1. The van der Waals surface area contributed by atoms with Crippen molar-refractivity contribution < 1.29 is 19.4 Å². The van der Waals surface area contributed by atoms with Gasteiger partial charge in [0, 0.05) is 25.8 Å². The summed E-state index contributed by atoms with van der Waals surface area (Å²) in [5.41, 5.74) is 1.59. The molecule has 1 saturated heterocycles. The van der Waals surface area contributed by atoms with E-state index in [9.17, 15) is 9.59 Å². The van der Waals surface area contributed by atoms with Gasteiger partial charge in [0.15, 0.2) is 0 Å². The molecule has 0 radical (unpaired) electrons. The molecule has 5 heteroatoms. The van der Waals surface area contributed by atoms with Gasteiger partial charge in [0.25, 0.3) is 5.91 Å². The maximum absolute atomic E-state index is 12.3. The fraction of sp³-hybridized carbons (Fsp3) is 0.467. The van der Waals surface area contributed by atoms with Crippen LogP contribution in [0.4, 0.5) is 0 Å². The van der Waals surface area contributed by atoms with E-state index in [2.05, 4.69) is 0 Å². The molecule has 5 nitrogen and oxygen atoms in total. The number of carboxylic acids is 1. The highest BCUT2D eigenvalue weighted by atomic mass is 16.5. The third kappa shape index (κ3) is 2.99. The standard InChI is InChI=1S/C15H19NO4/c1-10-7-16(8-13(10)15(18)19)14(17)12-5-3-11(4-6-12)9-20-2/h3-6,10,13H,7-9H2,1-2H3,(H,18,19)/t10-,13-/m1/s1. The van der Waals surface area contributed by atoms with Gasteiger partial charge in [0.1, 0.15) is 0 Å². The number of amides is 1. The summed E-state index contributed by atoms with van der Waals surface area (Å²) in [6, 6.07) is 7.22. The lowest BCUT2D eigenvalue weighted by Gasteiger charge is -2.16. The first kappa shape index (κ1) is 14.5. The van der Waals surface area contributed by atoms with Gasteiger partial charge in [-0.1, -0.05) is 19.1 Å². The van der Waals surface area contributed by atoms with Gasteiger partial charge >= 0.3 is 5.97 Å². The Morgan fingerprint density at radius 1 is 1.30 bits per heavy atom. The van der Waals surface area contributed by atoms with Gasteiger partial charge in [-0.15, -0.1) is 0 Å². The molecule has 2 rings (SSSR count). The van der Waals surface area contributed by atoms with Gasteiger partial charge in [0.05, 0.1) is 12.5 Å². The number of aliphatic carboxylic acids is 1. The van der Waals surface area contributed by atoms with Crippen molar-refractivity contribution in [1.29, 1.82) is 0 Å². The minimum Gasteiger partial charge on any atom is -0.481 e. The second-order valence-corrected chi connectivity index (χ2v) is 5.26. The molecule has 1 N–H and O–H groups in total. The van der Waals surface area contributed by atoms with Crippen molar-refractivity contribution >= 4 is 11.9 Å². The van der Waals surface area contributed by atoms with Crippen LogP contribution in [0.5, 0.6) is 0 Å². The number of nitrogens with zero attached hydrogens (tertiary/aromatic N) is 1. The van der Waals surface area contributed by atoms with Gasteiger partial charge in [-0.3, -0.25) is 9.59 Å². The van der Waals surface area contributed by atoms with E-state index in [1.807, 2.05) is 19.1 Å². The summed E-state index contributed by atoms with van der Waals surface area (Å²) in [7, 11) is 1.62. The number of carboxylic acid groups (broad SMARTS) is 1. The van der Waals surface area contributed by atoms with Crippen LogP contribution in [0, 0.1) is 11.8 Å². The molecule has 0 unspecified atom stereocenters. The number of carbonyl (C=O) groups excluding carboxylic acids is 1. The number of hydrogen-bond acceptors (Lipinski definition) is 3. The predicted octanol–water partition coefficient (Wildman–Crippen LogP) is 1.63. The lowest BCUT2D eigenvalue weighted by Crippen LogP contribution is -2.29. The van der Waals surface area contributed by atoms with E-state index >= 15 is 0 Å². The Kier molecular flexibility index (Phi) is 4.39. The predicted molar refractivity (Wildman–Crippen MR) is 73.3 cm³/mol. The van der Waals surface area contributed by atoms with Crippen LogP contribution in [0.3, 0.4) is 0 Å². The fourth-order valence-corrected chi connectivity index (χ4v) is 2.55. The summed E-state index contributed by atoms with van der Waals surface area (Å²) in [4.78, 5) is 25.0. The summed E-state index contributed by atoms with van der Waals surface area (Å²) in [5, 5.41) is 9.10. The zero-order valence-electron chi connectivity index (χ0n) is 11.7. The third-order valence-electron chi connectivity index (χ3n) is 3.73. The molecular formula is C15H19NO4. The number of ether oxygens (including phenoxy) is 1. The molecule has 0 bridgehead atoms. The Morgan fingerprint density at radius 2 is 1.95 bits per heavy atom. The van der Waals surface area contributed by atoms with Crippen LogP contribution < -0.4 is 0 Å². The van der Waals surface area contributed by atoms with Gasteiger partial charge in [-0.25, -0.2) is 0 Å². The molecule has 1 aromatic rings. The molecule has 1 amide bonds. The topological polar surface area (TPSA) is 66.8 Å². The summed E-state index contributed by atoms with van der Waals surface area (Å²) >= 11 is 0. The van der Waals surface area contributed by atoms with Crippen LogP contribution in [-0.4, -0.2) is 42.1 Å². The lowest BCUT2D eigenvalue weighted by molar-refractivity contribution is -0.142. The highest BCUT2D eigenvalue weighted by Crippen LogP contribution is 2.24. The summed E-state index contributed by atoms with van der Waals surface area (Å²) in [6.07, 6.45) is 0. The Hall–Kier alpha value is -1.88. The smallest absolute Gasteiger partial charge is 0.308 e. The zero-order chi connectivity index (χ0) is 14.7. The number of hydrogen-bond donors (Lipinski definition) is 1. The second kappa shape index (κ2) is 6.05. The second-order valence-electron chi connectivity index (χ2n) is 5.26. The van der Waals surface area contributed by atoms with Gasteiger partial charge < -0.3 is 14.7 Å². The number of rotatable bonds is 4. The van der Waals surface area contributed by atoms with Crippen LogP contribution >= 0.6 is 0 Å². The Bertz CT molecular complexity index is 497. The van der Waals surface area contributed by atoms with E-state index in [4.69, 9.17) is 9.84 Å². The van der Waals surface area contributed by atoms with Crippen molar-refractivity contribution in [2.75, 3.05) is 20.2 Å². The lowest BCUT2D eigenvalue weighted by atomic mass is 9.99. The maximum Gasteiger partial charge on any atom is 0.308 e.